The Balaban J connectivity index is 2.11. The van der Waals surface area contributed by atoms with Gasteiger partial charge < -0.3 is 10.1 Å². The Hall–Kier alpha value is -1.33. The van der Waals surface area contributed by atoms with Crippen LogP contribution in [-0.4, -0.2) is 24.2 Å². The number of nitro groups is 1. The summed E-state index contributed by atoms with van der Waals surface area (Å²) in [6.07, 6.45) is 3.11. The van der Waals surface area contributed by atoms with Gasteiger partial charge in [-0.25, -0.2) is 0 Å². The van der Waals surface area contributed by atoms with E-state index < -0.39 is 4.92 Å². The topological polar surface area (TPSA) is 64.4 Å². The predicted octanol–water partition coefficient (Wildman–Crippen LogP) is 3.23. The second kappa shape index (κ2) is 5.12. The van der Waals surface area contributed by atoms with Crippen LogP contribution in [0.25, 0.3) is 0 Å². The molecule has 0 aliphatic heterocycles. The molecule has 6 heteroatoms. The Morgan fingerprint density at radius 3 is 2.78 bits per heavy atom. The molecule has 1 aliphatic rings. The molecule has 0 bridgehead atoms. The van der Waals surface area contributed by atoms with Gasteiger partial charge in [0.15, 0.2) is 0 Å². The maximum Gasteiger partial charge on any atom is 0.293 e. The van der Waals surface area contributed by atoms with Crippen LogP contribution in [0.1, 0.15) is 19.3 Å². The molecule has 1 saturated carbocycles. The molecule has 0 atom stereocenters. The molecule has 1 aliphatic carbocycles. The van der Waals surface area contributed by atoms with Gasteiger partial charge in [0, 0.05) is 24.7 Å². The van der Waals surface area contributed by atoms with E-state index in [4.69, 9.17) is 16.3 Å². The molecule has 5 nitrogen and oxygen atoms in total. The summed E-state index contributed by atoms with van der Waals surface area (Å²) < 4.78 is 5.46. The van der Waals surface area contributed by atoms with Gasteiger partial charge in [-0.05, 0) is 31.4 Å². The van der Waals surface area contributed by atoms with Crippen LogP contribution in [0.5, 0.6) is 0 Å². The minimum absolute atomic E-state index is 0.00641. The first-order chi connectivity index (χ1) is 8.56. The fraction of sp³-hybridized carbons (Fsp3) is 0.500. The van der Waals surface area contributed by atoms with Crippen molar-refractivity contribution in [2.45, 2.75) is 24.9 Å². The van der Waals surface area contributed by atoms with Gasteiger partial charge in [-0.1, -0.05) is 11.6 Å². The van der Waals surface area contributed by atoms with Crippen molar-refractivity contribution in [3.05, 3.63) is 33.3 Å². The van der Waals surface area contributed by atoms with Crippen LogP contribution in [-0.2, 0) is 4.74 Å². The summed E-state index contributed by atoms with van der Waals surface area (Å²) in [6, 6.07) is 4.61. The van der Waals surface area contributed by atoms with Crippen molar-refractivity contribution in [2.75, 3.05) is 19.0 Å². The van der Waals surface area contributed by atoms with Gasteiger partial charge >= 0.3 is 0 Å². The highest BCUT2D eigenvalue weighted by Gasteiger charge is 2.37. The third-order valence-corrected chi connectivity index (χ3v) is 3.69. The Kier molecular flexibility index (Phi) is 3.73. The third-order valence-electron chi connectivity index (χ3n) is 3.46. The van der Waals surface area contributed by atoms with Crippen molar-refractivity contribution >= 4 is 23.0 Å². The van der Waals surface area contributed by atoms with Crippen molar-refractivity contribution < 1.29 is 9.66 Å². The molecule has 0 amide bonds. The summed E-state index contributed by atoms with van der Waals surface area (Å²) >= 11 is 5.76. The number of benzene rings is 1. The first kappa shape index (κ1) is 13.1. The minimum Gasteiger partial charge on any atom is -0.377 e. The Morgan fingerprint density at radius 2 is 2.28 bits per heavy atom. The smallest absolute Gasteiger partial charge is 0.293 e. The van der Waals surface area contributed by atoms with Crippen LogP contribution >= 0.6 is 11.6 Å². The number of nitrogens with zero attached hydrogens (tertiary/aromatic N) is 1. The number of methoxy groups -OCH3 is 1. The maximum atomic E-state index is 10.9. The van der Waals surface area contributed by atoms with E-state index in [1.54, 1.807) is 19.2 Å². The van der Waals surface area contributed by atoms with E-state index >= 15 is 0 Å². The Bertz CT molecular complexity index is 455. The third kappa shape index (κ3) is 2.57. The molecule has 2 rings (SSSR count). The van der Waals surface area contributed by atoms with Crippen LogP contribution in [0.2, 0.25) is 5.02 Å². The average Bonchev–Trinajstić information content (AvgIpc) is 2.29. The number of hydrogen-bond acceptors (Lipinski definition) is 4. The van der Waals surface area contributed by atoms with Crippen LogP contribution in [0.3, 0.4) is 0 Å². The quantitative estimate of drug-likeness (QED) is 0.659. The second-order valence-corrected chi connectivity index (χ2v) is 4.95. The first-order valence-electron chi connectivity index (χ1n) is 5.79. The number of nitro benzene ring substituents is 1. The highest BCUT2D eigenvalue weighted by molar-refractivity contribution is 6.30. The fourth-order valence-corrected chi connectivity index (χ4v) is 2.25. The molecule has 0 radical (unpaired) electrons. The molecule has 1 aromatic rings. The van der Waals surface area contributed by atoms with Gasteiger partial charge in [-0.3, -0.25) is 10.1 Å². The lowest BCUT2D eigenvalue weighted by molar-refractivity contribution is -0.384. The van der Waals surface area contributed by atoms with Gasteiger partial charge in [0.2, 0.25) is 0 Å². The van der Waals surface area contributed by atoms with E-state index in [1.807, 2.05) is 0 Å². The van der Waals surface area contributed by atoms with Gasteiger partial charge in [-0.15, -0.1) is 0 Å². The van der Waals surface area contributed by atoms with E-state index in [2.05, 4.69) is 5.32 Å². The first-order valence-corrected chi connectivity index (χ1v) is 6.17. The van der Waals surface area contributed by atoms with Crippen LogP contribution in [0.15, 0.2) is 18.2 Å². The molecule has 1 aromatic carbocycles. The monoisotopic (exact) mass is 270 g/mol. The molecule has 1 N–H and O–H groups in total. The lowest BCUT2D eigenvalue weighted by Crippen LogP contribution is -2.45. The van der Waals surface area contributed by atoms with Gasteiger partial charge in [0.05, 0.1) is 10.5 Å². The predicted molar refractivity (Wildman–Crippen MR) is 70.2 cm³/mol. The number of halogens is 1. The largest absolute Gasteiger partial charge is 0.377 e. The normalized spacial score (nSPS) is 17.0. The summed E-state index contributed by atoms with van der Waals surface area (Å²) in [7, 11) is 1.68. The SMILES string of the molecule is COC1(CNc2ccc(Cl)cc2[N+](=O)[O-])CCC1. The zero-order valence-corrected chi connectivity index (χ0v) is 10.9. The van der Waals surface area contributed by atoms with Crippen molar-refractivity contribution in [1.29, 1.82) is 0 Å². The number of anilines is 1. The molecular weight excluding hydrogens is 256 g/mol. The molecule has 0 aromatic heterocycles. The lowest BCUT2D eigenvalue weighted by atomic mass is 9.80. The fourth-order valence-electron chi connectivity index (χ4n) is 2.09. The van der Waals surface area contributed by atoms with Gasteiger partial charge in [0.25, 0.3) is 5.69 Å². The standard InChI is InChI=1S/C12H15ClN2O3/c1-18-12(5-2-6-12)8-14-10-4-3-9(13)7-11(10)15(16)17/h3-4,7,14H,2,5-6,8H2,1H3. The zero-order valence-electron chi connectivity index (χ0n) is 10.1. The van der Waals surface area contributed by atoms with E-state index in [0.29, 0.717) is 17.3 Å². The lowest BCUT2D eigenvalue weighted by Gasteiger charge is -2.40. The zero-order chi connectivity index (χ0) is 13.2. The van der Waals surface area contributed by atoms with Crippen molar-refractivity contribution in [3.63, 3.8) is 0 Å². The van der Waals surface area contributed by atoms with Crippen molar-refractivity contribution in [2.24, 2.45) is 0 Å². The molecule has 0 spiro atoms. The summed E-state index contributed by atoms with van der Waals surface area (Å²) in [5.41, 5.74) is 0.300. The van der Waals surface area contributed by atoms with Crippen LogP contribution in [0, 0.1) is 10.1 Å². The number of nitrogens with one attached hydrogen (secondary N) is 1. The average molecular weight is 271 g/mol. The van der Waals surface area contributed by atoms with Gasteiger partial charge in [0.1, 0.15) is 5.69 Å². The molecule has 98 valence electrons. The van der Waals surface area contributed by atoms with E-state index in [9.17, 15) is 10.1 Å². The van der Waals surface area contributed by atoms with Gasteiger partial charge in [-0.2, -0.15) is 0 Å². The Morgan fingerprint density at radius 1 is 1.56 bits per heavy atom. The molecular formula is C12H15ClN2O3. The van der Waals surface area contributed by atoms with E-state index in [1.165, 1.54) is 6.07 Å². The summed E-state index contributed by atoms with van der Waals surface area (Å²) in [4.78, 5) is 10.5. The highest BCUT2D eigenvalue weighted by Crippen LogP contribution is 2.36. The summed E-state index contributed by atoms with van der Waals surface area (Å²) in [6.45, 7) is 0.575. The molecule has 0 saturated heterocycles. The van der Waals surface area contributed by atoms with E-state index in [0.717, 1.165) is 19.3 Å². The minimum atomic E-state index is -0.436. The van der Waals surface area contributed by atoms with Crippen molar-refractivity contribution in [1.82, 2.24) is 0 Å². The maximum absolute atomic E-state index is 10.9. The summed E-state index contributed by atoms with van der Waals surface area (Å²) in [5.74, 6) is 0. The van der Waals surface area contributed by atoms with E-state index in [-0.39, 0.29) is 11.3 Å². The number of ether oxygens (including phenoxy) is 1. The highest BCUT2D eigenvalue weighted by atomic mass is 35.5. The number of rotatable bonds is 5. The number of hydrogen-bond donors (Lipinski definition) is 1. The van der Waals surface area contributed by atoms with Crippen LogP contribution < -0.4 is 5.32 Å². The van der Waals surface area contributed by atoms with Crippen LogP contribution in [0.4, 0.5) is 11.4 Å². The summed E-state index contributed by atoms with van der Waals surface area (Å²) in [5, 5.41) is 14.4. The Labute approximate surface area is 110 Å². The molecule has 0 heterocycles. The molecule has 1 fully saturated rings. The van der Waals surface area contributed by atoms with Crippen molar-refractivity contribution in [3.8, 4) is 0 Å². The second-order valence-electron chi connectivity index (χ2n) is 4.51. The molecule has 18 heavy (non-hydrogen) atoms. The molecule has 0 unspecified atom stereocenters.